The standard InChI is InChI=1S/C22H29N5O3/c1-25(14-20-23-9-11-26(20)10-6-12-29-2)15-22(28)16-27-21(30-17-22)13-19(24-27)18-7-4-3-5-8-18/h3-5,7-9,11,13,28H,6,10,12,14-17H2,1-2H3. The van der Waals surface area contributed by atoms with Gasteiger partial charge < -0.3 is 19.1 Å². The zero-order chi connectivity index (χ0) is 21.0. The predicted octanol–water partition coefficient (Wildman–Crippen LogP) is 2.04. The third-order valence-electron chi connectivity index (χ3n) is 5.27. The Morgan fingerprint density at radius 1 is 1.30 bits per heavy atom. The summed E-state index contributed by atoms with van der Waals surface area (Å²) in [5.74, 6) is 1.66. The van der Waals surface area contributed by atoms with E-state index in [2.05, 4.69) is 19.5 Å². The van der Waals surface area contributed by atoms with Crippen molar-refractivity contribution in [3.05, 3.63) is 54.6 Å². The second kappa shape index (κ2) is 8.99. The summed E-state index contributed by atoms with van der Waals surface area (Å²) < 4.78 is 14.9. The number of benzene rings is 1. The Morgan fingerprint density at radius 2 is 2.13 bits per heavy atom. The van der Waals surface area contributed by atoms with Crippen molar-refractivity contribution in [1.82, 2.24) is 24.2 Å². The van der Waals surface area contributed by atoms with E-state index in [4.69, 9.17) is 9.47 Å². The van der Waals surface area contributed by atoms with Crippen LogP contribution in [-0.2, 0) is 24.4 Å². The van der Waals surface area contributed by atoms with Crippen LogP contribution in [0.1, 0.15) is 12.2 Å². The first kappa shape index (κ1) is 20.6. The largest absolute Gasteiger partial charge is 0.475 e. The lowest BCUT2D eigenvalue weighted by molar-refractivity contribution is -0.0650. The average Bonchev–Trinajstić information content (AvgIpc) is 3.35. The van der Waals surface area contributed by atoms with Crippen molar-refractivity contribution in [2.24, 2.45) is 0 Å². The maximum atomic E-state index is 11.2. The third-order valence-corrected chi connectivity index (χ3v) is 5.27. The van der Waals surface area contributed by atoms with Gasteiger partial charge in [0.2, 0.25) is 5.88 Å². The van der Waals surface area contributed by atoms with Gasteiger partial charge in [0, 0.05) is 50.8 Å². The molecule has 1 N–H and O–H groups in total. The SMILES string of the molecule is COCCCn1ccnc1CN(C)CC1(O)COc2cc(-c3ccccc3)nn2C1. The molecular formula is C22H29N5O3. The lowest BCUT2D eigenvalue weighted by Crippen LogP contribution is -2.51. The first-order valence-corrected chi connectivity index (χ1v) is 10.2. The monoisotopic (exact) mass is 411 g/mol. The molecule has 0 radical (unpaired) electrons. The maximum Gasteiger partial charge on any atom is 0.212 e. The van der Waals surface area contributed by atoms with E-state index in [-0.39, 0.29) is 6.61 Å². The molecule has 3 heterocycles. The van der Waals surface area contributed by atoms with Crippen LogP contribution in [-0.4, -0.2) is 68.9 Å². The van der Waals surface area contributed by atoms with Crippen LogP contribution in [0.25, 0.3) is 11.3 Å². The van der Waals surface area contributed by atoms with Gasteiger partial charge in [0.15, 0.2) is 0 Å². The Kier molecular flexibility index (Phi) is 6.17. The molecule has 0 aliphatic carbocycles. The Bertz CT molecular complexity index is 955. The van der Waals surface area contributed by atoms with E-state index in [1.807, 2.05) is 55.8 Å². The lowest BCUT2D eigenvalue weighted by atomic mass is 10.0. The molecule has 1 atom stereocenters. The van der Waals surface area contributed by atoms with Crippen molar-refractivity contribution in [3.63, 3.8) is 0 Å². The van der Waals surface area contributed by atoms with Gasteiger partial charge in [-0.1, -0.05) is 30.3 Å². The summed E-state index contributed by atoms with van der Waals surface area (Å²) in [7, 11) is 3.70. The third kappa shape index (κ3) is 4.72. The second-order valence-corrected chi connectivity index (χ2v) is 7.96. The fourth-order valence-electron chi connectivity index (χ4n) is 3.88. The Morgan fingerprint density at radius 3 is 2.93 bits per heavy atom. The van der Waals surface area contributed by atoms with Crippen molar-refractivity contribution in [2.75, 3.05) is 33.9 Å². The first-order valence-electron chi connectivity index (χ1n) is 10.2. The number of aromatic nitrogens is 4. The maximum absolute atomic E-state index is 11.2. The molecule has 8 nitrogen and oxygen atoms in total. The summed E-state index contributed by atoms with van der Waals surface area (Å²) in [6, 6.07) is 11.9. The number of aryl methyl sites for hydroxylation is 1. The molecule has 1 unspecified atom stereocenters. The summed E-state index contributed by atoms with van der Waals surface area (Å²) in [5, 5.41) is 15.8. The van der Waals surface area contributed by atoms with E-state index < -0.39 is 5.60 Å². The molecule has 160 valence electrons. The molecule has 1 aliphatic rings. The minimum absolute atomic E-state index is 0.236. The number of nitrogens with zero attached hydrogens (tertiary/aromatic N) is 5. The van der Waals surface area contributed by atoms with Gasteiger partial charge in [-0.15, -0.1) is 0 Å². The minimum atomic E-state index is -1.02. The van der Waals surface area contributed by atoms with Crippen molar-refractivity contribution in [2.45, 2.75) is 31.7 Å². The first-order chi connectivity index (χ1) is 14.6. The van der Waals surface area contributed by atoms with Gasteiger partial charge in [0.25, 0.3) is 0 Å². The highest BCUT2D eigenvalue weighted by molar-refractivity contribution is 5.60. The molecule has 4 rings (SSSR count). The van der Waals surface area contributed by atoms with Crippen LogP contribution in [0.15, 0.2) is 48.8 Å². The lowest BCUT2D eigenvalue weighted by Gasteiger charge is -2.35. The van der Waals surface area contributed by atoms with E-state index in [9.17, 15) is 5.11 Å². The minimum Gasteiger partial charge on any atom is -0.475 e. The highest BCUT2D eigenvalue weighted by Crippen LogP contribution is 2.29. The van der Waals surface area contributed by atoms with Gasteiger partial charge in [-0.25, -0.2) is 9.67 Å². The smallest absolute Gasteiger partial charge is 0.212 e. The van der Waals surface area contributed by atoms with E-state index >= 15 is 0 Å². The summed E-state index contributed by atoms with van der Waals surface area (Å²) >= 11 is 0. The molecule has 0 saturated carbocycles. The molecule has 8 heteroatoms. The van der Waals surface area contributed by atoms with Gasteiger partial charge in [-0.05, 0) is 13.5 Å². The predicted molar refractivity (Wildman–Crippen MR) is 113 cm³/mol. The van der Waals surface area contributed by atoms with Crippen molar-refractivity contribution in [1.29, 1.82) is 0 Å². The zero-order valence-corrected chi connectivity index (χ0v) is 17.6. The van der Waals surface area contributed by atoms with E-state index in [0.29, 0.717) is 25.5 Å². The highest BCUT2D eigenvalue weighted by Gasteiger charge is 2.36. The van der Waals surface area contributed by atoms with Crippen LogP contribution < -0.4 is 4.74 Å². The topological polar surface area (TPSA) is 77.6 Å². The van der Waals surface area contributed by atoms with Crippen LogP contribution in [0.5, 0.6) is 5.88 Å². The average molecular weight is 412 g/mol. The molecule has 30 heavy (non-hydrogen) atoms. The fraction of sp³-hybridized carbons (Fsp3) is 0.455. The highest BCUT2D eigenvalue weighted by atomic mass is 16.5. The summed E-state index contributed by atoms with van der Waals surface area (Å²) in [6.45, 7) is 3.31. The molecule has 0 bridgehead atoms. The number of hydrogen-bond acceptors (Lipinski definition) is 6. The van der Waals surface area contributed by atoms with Crippen molar-refractivity contribution < 1.29 is 14.6 Å². The molecule has 1 aliphatic heterocycles. The Hall–Kier alpha value is -2.68. The molecular weight excluding hydrogens is 382 g/mol. The van der Waals surface area contributed by atoms with E-state index in [1.165, 1.54) is 0 Å². The molecule has 0 fully saturated rings. The van der Waals surface area contributed by atoms with Gasteiger partial charge in [-0.2, -0.15) is 5.10 Å². The van der Waals surface area contributed by atoms with Gasteiger partial charge in [-0.3, -0.25) is 4.90 Å². The van der Waals surface area contributed by atoms with E-state index in [0.717, 1.165) is 36.7 Å². The number of likely N-dealkylation sites (N-methyl/N-ethyl adjacent to an activating group) is 1. The number of aliphatic hydroxyl groups is 1. The van der Waals surface area contributed by atoms with Gasteiger partial charge >= 0.3 is 0 Å². The van der Waals surface area contributed by atoms with Gasteiger partial charge in [0.05, 0.1) is 18.8 Å². The number of fused-ring (bicyclic) bond motifs is 1. The number of hydrogen-bond donors (Lipinski definition) is 1. The van der Waals surface area contributed by atoms with Crippen molar-refractivity contribution >= 4 is 0 Å². The quantitative estimate of drug-likeness (QED) is 0.543. The molecule has 0 saturated heterocycles. The van der Waals surface area contributed by atoms with Crippen LogP contribution in [0.4, 0.5) is 0 Å². The fourth-order valence-corrected chi connectivity index (χ4v) is 3.88. The summed E-state index contributed by atoms with van der Waals surface area (Å²) in [5.41, 5.74) is 0.861. The summed E-state index contributed by atoms with van der Waals surface area (Å²) in [6.07, 6.45) is 4.74. The Labute approximate surface area is 176 Å². The zero-order valence-electron chi connectivity index (χ0n) is 17.6. The van der Waals surface area contributed by atoms with Crippen LogP contribution in [0.2, 0.25) is 0 Å². The number of ether oxygens (including phenoxy) is 2. The number of rotatable bonds is 9. The molecule has 3 aromatic rings. The molecule has 0 spiro atoms. The Balaban J connectivity index is 1.39. The second-order valence-electron chi connectivity index (χ2n) is 7.96. The van der Waals surface area contributed by atoms with Crippen LogP contribution in [0, 0.1) is 0 Å². The normalized spacial score (nSPS) is 18.4. The summed E-state index contributed by atoms with van der Waals surface area (Å²) in [4.78, 5) is 6.55. The number of imidazole rings is 1. The molecule has 1 aromatic carbocycles. The van der Waals surface area contributed by atoms with Gasteiger partial charge in [0.1, 0.15) is 18.0 Å². The molecule has 2 aromatic heterocycles. The van der Waals surface area contributed by atoms with Crippen molar-refractivity contribution in [3.8, 4) is 17.1 Å². The van der Waals surface area contributed by atoms with Crippen LogP contribution in [0.3, 0.4) is 0 Å². The van der Waals surface area contributed by atoms with Crippen LogP contribution >= 0.6 is 0 Å². The number of methoxy groups -OCH3 is 1. The van der Waals surface area contributed by atoms with E-state index in [1.54, 1.807) is 11.8 Å². The molecule has 0 amide bonds.